The minimum Gasteiger partial charge on any atom is -0.372 e. The first kappa shape index (κ1) is 19.6. The van der Waals surface area contributed by atoms with Crippen molar-refractivity contribution in [1.82, 2.24) is 20.8 Å². The number of nitrogens with one attached hydrogen (secondary N) is 2. The summed E-state index contributed by atoms with van der Waals surface area (Å²) in [4.78, 5) is 11.4. The second kappa shape index (κ2) is 7.41. The molecule has 2 saturated heterocycles. The molecule has 0 amide bonds. The number of aromatic nitrogens is 2. The van der Waals surface area contributed by atoms with Crippen molar-refractivity contribution >= 4 is 5.82 Å². The van der Waals surface area contributed by atoms with Crippen LogP contribution in [-0.2, 0) is 9.47 Å². The predicted molar refractivity (Wildman–Crippen MR) is 107 cm³/mol. The van der Waals surface area contributed by atoms with Crippen LogP contribution in [0.15, 0.2) is 12.4 Å². The van der Waals surface area contributed by atoms with Gasteiger partial charge in [-0.25, -0.2) is 19.8 Å². The molecule has 2 saturated carbocycles. The highest BCUT2D eigenvalue weighted by molar-refractivity contribution is 5.41. The third-order valence-corrected chi connectivity index (χ3v) is 6.88. The molecule has 29 heavy (non-hydrogen) atoms. The number of rotatable bonds is 4. The van der Waals surface area contributed by atoms with Gasteiger partial charge in [-0.15, -0.1) is 0 Å². The minimum absolute atomic E-state index is 0.0308. The van der Waals surface area contributed by atoms with E-state index >= 15 is 0 Å². The maximum atomic E-state index is 14.7. The van der Waals surface area contributed by atoms with Gasteiger partial charge in [0.25, 0.3) is 0 Å². The number of hydrogen-bond donors (Lipinski definition) is 2. The van der Waals surface area contributed by atoms with Crippen LogP contribution in [0.4, 0.5) is 10.2 Å². The van der Waals surface area contributed by atoms with Gasteiger partial charge in [0.05, 0.1) is 35.6 Å². The van der Waals surface area contributed by atoms with Crippen LogP contribution in [0.3, 0.4) is 0 Å². The summed E-state index contributed by atoms with van der Waals surface area (Å²) in [6.07, 6.45) is 4.01. The largest absolute Gasteiger partial charge is 0.372 e. The quantitative estimate of drug-likeness (QED) is 0.796. The Labute approximate surface area is 171 Å². The van der Waals surface area contributed by atoms with Gasteiger partial charge in [0, 0.05) is 31.1 Å². The van der Waals surface area contributed by atoms with E-state index in [1.165, 1.54) is 0 Å². The normalized spacial score (nSPS) is 41.2. The molecule has 4 fully saturated rings. The number of anilines is 1. The molecule has 5 rings (SSSR count). The molecule has 2 aliphatic carbocycles. The number of fused-ring (bicyclic) bond motifs is 1. The van der Waals surface area contributed by atoms with Crippen LogP contribution in [0.5, 0.6) is 0 Å². The Morgan fingerprint density at radius 3 is 2.66 bits per heavy atom. The van der Waals surface area contributed by atoms with E-state index in [0.29, 0.717) is 12.8 Å². The fourth-order valence-electron chi connectivity index (χ4n) is 5.13. The van der Waals surface area contributed by atoms with Crippen LogP contribution in [0.2, 0.25) is 0 Å². The topological polar surface area (TPSA) is 71.5 Å². The smallest absolute Gasteiger partial charge is 0.132 e. The first-order chi connectivity index (χ1) is 13.9. The zero-order valence-electron chi connectivity index (χ0n) is 17.5. The third-order valence-electron chi connectivity index (χ3n) is 6.88. The molecule has 7 nitrogen and oxygen atoms in total. The lowest BCUT2D eigenvalue weighted by atomic mass is 9.78. The Hall–Kier alpha value is -1.35. The van der Waals surface area contributed by atoms with E-state index in [2.05, 4.69) is 52.6 Å². The summed E-state index contributed by atoms with van der Waals surface area (Å²) in [7, 11) is 0. The number of ether oxygens (including phenoxy) is 2. The Kier molecular flexibility index (Phi) is 5.01. The van der Waals surface area contributed by atoms with Crippen molar-refractivity contribution in [3.63, 3.8) is 0 Å². The molecule has 5 unspecified atom stereocenters. The van der Waals surface area contributed by atoms with Crippen LogP contribution >= 0.6 is 0 Å². The third kappa shape index (κ3) is 4.00. The first-order valence-electron chi connectivity index (χ1n) is 11.0. The van der Waals surface area contributed by atoms with Crippen LogP contribution < -0.4 is 15.8 Å². The molecule has 0 aromatic carbocycles. The van der Waals surface area contributed by atoms with Gasteiger partial charge in [-0.2, -0.15) is 0 Å². The molecule has 1 aromatic heterocycles. The Morgan fingerprint density at radius 2 is 1.93 bits per heavy atom. The molecular formula is C21H32FN5O2. The van der Waals surface area contributed by atoms with Crippen LogP contribution in [0.1, 0.15) is 58.2 Å². The second-order valence-electron chi connectivity index (χ2n) is 9.59. The fourth-order valence-corrected chi connectivity index (χ4v) is 5.13. The van der Waals surface area contributed by atoms with E-state index in [9.17, 15) is 4.39 Å². The number of halogens is 1. The number of nitrogens with zero attached hydrogens (tertiary/aromatic N) is 3. The van der Waals surface area contributed by atoms with Crippen LogP contribution in [-0.4, -0.2) is 59.2 Å². The molecule has 0 bridgehead atoms. The van der Waals surface area contributed by atoms with Gasteiger partial charge in [0.15, 0.2) is 0 Å². The monoisotopic (exact) mass is 405 g/mol. The lowest BCUT2D eigenvalue weighted by Crippen LogP contribution is -2.46. The first-order valence-corrected chi connectivity index (χ1v) is 11.0. The van der Waals surface area contributed by atoms with Gasteiger partial charge < -0.3 is 14.4 Å². The van der Waals surface area contributed by atoms with Crippen LogP contribution in [0, 0.1) is 5.92 Å². The number of hydrazine groups is 1. The van der Waals surface area contributed by atoms with E-state index in [1.807, 2.05) is 0 Å². The van der Waals surface area contributed by atoms with Crippen molar-refractivity contribution in [3.05, 3.63) is 18.1 Å². The summed E-state index contributed by atoms with van der Waals surface area (Å²) in [5, 5.41) is 0. The number of hydrogen-bond acceptors (Lipinski definition) is 7. The highest BCUT2D eigenvalue weighted by Gasteiger charge is 2.50. The molecule has 2 N–H and O–H groups in total. The molecule has 4 aliphatic rings. The van der Waals surface area contributed by atoms with E-state index in [1.54, 1.807) is 6.33 Å². The summed E-state index contributed by atoms with van der Waals surface area (Å²) < 4.78 is 26.7. The molecule has 7 atom stereocenters. The lowest BCUT2D eigenvalue weighted by Gasteiger charge is -2.37. The maximum Gasteiger partial charge on any atom is 0.132 e. The van der Waals surface area contributed by atoms with E-state index < -0.39 is 6.17 Å². The average Bonchev–Trinajstić information content (AvgIpc) is 3.27. The average molecular weight is 406 g/mol. The summed E-state index contributed by atoms with van der Waals surface area (Å²) in [6, 6.07) is 2.21. The molecule has 0 spiro atoms. The molecule has 8 heteroatoms. The standard InChI is InChI=1S/C21H32FN5O2/c1-12-9-27(10-13(2)28-12)19-8-17(23-11-24-19)20-14-6-18(29-21(3)4-5-21)15(22)7-16(14)25-26-20/h8,11-16,18,20,25-26H,4-7,9-10H2,1-3H3/t12-,13+,14?,15?,16?,18?,20?. The second-order valence-corrected chi connectivity index (χ2v) is 9.59. The zero-order chi connectivity index (χ0) is 20.2. The summed E-state index contributed by atoms with van der Waals surface area (Å²) in [5.74, 6) is 1.18. The summed E-state index contributed by atoms with van der Waals surface area (Å²) >= 11 is 0. The van der Waals surface area contributed by atoms with E-state index in [4.69, 9.17) is 9.47 Å². The van der Waals surface area contributed by atoms with Gasteiger partial charge >= 0.3 is 0 Å². The Morgan fingerprint density at radius 1 is 1.17 bits per heavy atom. The molecule has 0 radical (unpaired) electrons. The van der Waals surface area contributed by atoms with Gasteiger partial charge in [0.2, 0.25) is 0 Å². The number of alkyl halides is 1. The van der Waals surface area contributed by atoms with Gasteiger partial charge in [0.1, 0.15) is 18.3 Å². The fraction of sp³-hybridized carbons (Fsp3) is 0.810. The van der Waals surface area contributed by atoms with Gasteiger partial charge in [-0.1, -0.05) is 0 Å². The molecule has 3 heterocycles. The molecular weight excluding hydrogens is 373 g/mol. The van der Waals surface area contributed by atoms with Crippen molar-refractivity contribution in [2.45, 2.75) is 88.6 Å². The van der Waals surface area contributed by atoms with Crippen molar-refractivity contribution in [2.24, 2.45) is 5.92 Å². The van der Waals surface area contributed by atoms with Crippen molar-refractivity contribution in [2.75, 3.05) is 18.0 Å². The predicted octanol–water partition coefficient (Wildman–Crippen LogP) is 2.29. The van der Waals surface area contributed by atoms with Crippen LogP contribution in [0.25, 0.3) is 0 Å². The van der Waals surface area contributed by atoms with Crippen molar-refractivity contribution in [3.8, 4) is 0 Å². The van der Waals surface area contributed by atoms with Gasteiger partial charge in [-0.05, 0) is 46.5 Å². The summed E-state index contributed by atoms with van der Waals surface area (Å²) in [6.45, 7) is 7.92. The van der Waals surface area contributed by atoms with Crippen molar-refractivity contribution in [1.29, 1.82) is 0 Å². The number of morpholine rings is 1. The van der Waals surface area contributed by atoms with Gasteiger partial charge in [-0.3, -0.25) is 5.43 Å². The van der Waals surface area contributed by atoms with E-state index in [-0.39, 0.29) is 41.9 Å². The SMILES string of the molecule is C[C@@H]1CN(c2cc(C3NNC4CC(F)C(OC5(C)CC5)CC43)ncn2)C[C@H](C)O1. The Bertz CT molecular complexity index is 738. The maximum absolute atomic E-state index is 14.7. The summed E-state index contributed by atoms with van der Waals surface area (Å²) in [5.41, 5.74) is 7.53. The van der Waals surface area contributed by atoms with Crippen molar-refractivity contribution < 1.29 is 13.9 Å². The molecule has 160 valence electrons. The lowest BCUT2D eigenvalue weighted by molar-refractivity contribution is -0.0886. The minimum atomic E-state index is -0.918. The molecule has 1 aromatic rings. The van der Waals surface area contributed by atoms with E-state index in [0.717, 1.165) is 37.4 Å². The zero-order valence-corrected chi connectivity index (χ0v) is 17.5. The molecule has 2 aliphatic heterocycles. The Balaban J connectivity index is 1.33. The highest BCUT2D eigenvalue weighted by Crippen LogP contribution is 2.45. The highest BCUT2D eigenvalue weighted by atomic mass is 19.1.